The molecule has 3 heterocycles. The average Bonchev–Trinajstić information content (AvgIpc) is 3.22. The van der Waals surface area contributed by atoms with Crippen molar-refractivity contribution in [3.8, 4) is 6.07 Å². The van der Waals surface area contributed by atoms with Crippen molar-refractivity contribution in [3.63, 3.8) is 0 Å². The molecule has 2 aliphatic heterocycles. The monoisotopic (exact) mass is 507 g/mol. The first-order valence-corrected chi connectivity index (χ1v) is 13.3. The van der Waals surface area contributed by atoms with Gasteiger partial charge in [-0.15, -0.1) is 0 Å². The van der Waals surface area contributed by atoms with Crippen LogP contribution in [0.3, 0.4) is 0 Å². The van der Waals surface area contributed by atoms with Crippen LogP contribution in [0.4, 0.5) is 14.5 Å². The predicted molar refractivity (Wildman–Crippen MR) is 141 cm³/mol. The van der Waals surface area contributed by atoms with Crippen LogP contribution in [-0.4, -0.2) is 64.8 Å². The van der Waals surface area contributed by atoms with Crippen molar-refractivity contribution < 1.29 is 13.9 Å². The fourth-order valence-electron chi connectivity index (χ4n) is 5.89. The smallest absolute Gasteiger partial charge is 0.133 e. The molecule has 3 unspecified atom stereocenters. The molecule has 6 nitrogen and oxygen atoms in total. The molecule has 1 aromatic heterocycles. The van der Waals surface area contributed by atoms with Crippen LogP contribution in [0, 0.1) is 28.9 Å². The number of fused-ring (bicyclic) bond motifs is 3. The summed E-state index contributed by atoms with van der Waals surface area (Å²) in [5.74, 6) is -1.89. The van der Waals surface area contributed by atoms with Gasteiger partial charge in [0.25, 0.3) is 0 Å². The Morgan fingerprint density at radius 1 is 1.22 bits per heavy atom. The molecule has 0 radical (unpaired) electrons. The standard InChI is InChI=1S/C29H35F2N5O/c1-3-4-9-35-15-21(16-35)33-20-11-24(30)27(25(31)12-20)29-28-23(22-7-5-6-8-26(22)34-28)10-18(2)36(29)14-19(13-32)17-37/h5-8,11-12,18-19,21,29,33-34,37H,3-4,9-10,14-17H2,1-2H3. The molecule has 2 aromatic carbocycles. The van der Waals surface area contributed by atoms with E-state index in [0.29, 0.717) is 12.1 Å². The molecule has 5 rings (SSSR count). The Morgan fingerprint density at radius 2 is 1.95 bits per heavy atom. The van der Waals surface area contributed by atoms with Gasteiger partial charge in [-0.1, -0.05) is 31.5 Å². The van der Waals surface area contributed by atoms with E-state index in [1.807, 2.05) is 36.1 Å². The van der Waals surface area contributed by atoms with Crippen LogP contribution in [-0.2, 0) is 6.42 Å². The molecule has 3 aromatic rings. The molecule has 1 saturated heterocycles. The Labute approximate surface area is 216 Å². The van der Waals surface area contributed by atoms with Gasteiger partial charge in [0.15, 0.2) is 0 Å². The number of benzene rings is 2. The van der Waals surface area contributed by atoms with Gasteiger partial charge in [-0.2, -0.15) is 5.26 Å². The summed E-state index contributed by atoms with van der Waals surface area (Å²) in [6.07, 6.45) is 2.98. The molecule has 1 fully saturated rings. The van der Waals surface area contributed by atoms with E-state index in [-0.39, 0.29) is 30.8 Å². The number of hydrogen-bond acceptors (Lipinski definition) is 5. The summed E-state index contributed by atoms with van der Waals surface area (Å²) >= 11 is 0. The van der Waals surface area contributed by atoms with Gasteiger partial charge in [-0.05, 0) is 50.1 Å². The third kappa shape index (κ3) is 4.96. The molecule has 196 valence electrons. The van der Waals surface area contributed by atoms with E-state index in [0.717, 1.165) is 54.6 Å². The van der Waals surface area contributed by atoms with E-state index < -0.39 is 23.6 Å². The summed E-state index contributed by atoms with van der Waals surface area (Å²) in [6.45, 7) is 6.87. The minimum atomic E-state index is -0.740. The Kier molecular flexibility index (Phi) is 7.47. The van der Waals surface area contributed by atoms with Crippen molar-refractivity contribution in [1.82, 2.24) is 14.8 Å². The highest BCUT2D eigenvalue weighted by atomic mass is 19.1. The summed E-state index contributed by atoms with van der Waals surface area (Å²) in [5.41, 5.74) is 3.12. The summed E-state index contributed by atoms with van der Waals surface area (Å²) in [6, 6.07) is 12.1. The number of hydrogen-bond donors (Lipinski definition) is 3. The van der Waals surface area contributed by atoms with E-state index in [4.69, 9.17) is 0 Å². The second-order valence-corrected chi connectivity index (χ2v) is 10.5. The lowest BCUT2D eigenvalue weighted by atomic mass is 9.87. The van der Waals surface area contributed by atoms with Gasteiger partial charge in [-0.3, -0.25) is 9.80 Å². The molecule has 0 amide bonds. The number of aromatic nitrogens is 1. The molecule has 37 heavy (non-hydrogen) atoms. The summed E-state index contributed by atoms with van der Waals surface area (Å²) < 4.78 is 31.6. The van der Waals surface area contributed by atoms with E-state index >= 15 is 8.78 Å². The van der Waals surface area contributed by atoms with Gasteiger partial charge in [0, 0.05) is 53.5 Å². The molecule has 8 heteroatoms. The zero-order valence-corrected chi connectivity index (χ0v) is 21.5. The van der Waals surface area contributed by atoms with Crippen LogP contribution >= 0.6 is 0 Å². The molecule has 0 spiro atoms. The van der Waals surface area contributed by atoms with Crippen molar-refractivity contribution in [2.24, 2.45) is 5.92 Å². The van der Waals surface area contributed by atoms with Crippen molar-refractivity contribution in [2.45, 2.75) is 51.2 Å². The van der Waals surface area contributed by atoms with E-state index in [1.165, 1.54) is 12.1 Å². The molecule has 3 atom stereocenters. The number of nitrogens with zero attached hydrogens (tertiary/aromatic N) is 3. The topological polar surface area (TPSA) is 78.3 Å². The van der Waals surface area contributed by atoms with Crippen LogP contribution < -0.4 is 5.32 Å². The van der Waals surface area contributed by atoms with E-state index in [1.54, 1.807) is 0 Å². The molecule has 3 N–H and O–H groups in total. The lowest BCUT2D eigenvalue weighted by Gasteiger charge is -2.42. The molecule has 2 aliphatic rings. The second kappa shape index (κ2) is 10.8. The quantitative estimate of drug-likeness (QED) is 0.388. The normalized spacial score (nSPS) is 21.4. The Morgan fingerprint density at radius 3 is 2.62 bits per heavy atom. The Balaban J connectivity index is 1.50. The number of nitriles is 1. The number of aliphatic hydroxyl groups excluding tert-OH is 1. The third-order valence-electron chi connectivity index (χ3n) is 7.86. The SMILES string of the molecule is CCCCN1CC(Nc2cc(F)c(C3c4[nH]c5ccccc5c4CC(C)N3CC(C#N)CO)c(F)c2)C1. The molecule has 0 saturated carbocycles. The van der Waals surface area contributed by atoms with Crippen molar-refractivity contribution in [3.05, 3.63) is 64.9 Å². The van der Waals surface area contributed by atoms with Gasteiger partial charge in [-0.25, -0.2) is 8.78 Å². The Hall–Kier alpha value is -2.99. The number of anilines is 1. The fourth-order valence-corrected chi connectivity index (χ4v) is 5.89. The van der Waals surface area contributed by atoms with Gasteiger partial charge in [0.2, 0.25) is 0 Å². The van der Waals surface area contributed by atoms with Gasteiger partial charge < -0.3 is 15.4 Å². The first-order chi connectivity index (χ1) is 17.9. The van der Waals surface area contributed by atoms with Gasteiger partial charge >= 0.3 is 0 Å². The number of para-hydroxylation sites is 1. The zero-order chi connectivity index (χ0) is 26.1. The van der Waals surface area contributed by atoms with Gasteiger partial charge in [0.1, 0.15) is 11.6 Å². The second-order valence-electron chi connectivity index (χ2n) is 10.5. The van der Waals surface area contributed by atoms with Gasteiger partial charge in [0.05, 0.1) is 30.7 Å². The lowest BCUT2D eigenvalue weighted by Crippen LogP contribution is -2.54. The molecular weight excluding hydrogens is 472 g/mol. The van der Waals surface area contributed by atoms with Crippen molar-refractivity contribution in [2.75, 3.05) is 38.1 Å². The lowest BCUT2D eigenvalue weighted by molar-refractivity contribution is 0.111. The summed E-state index contributed by atoms with van der Waals surface area (Å²) in [5, 5.41) is 23.6. The zero-order valence-electron chi connectivity index (χ0n) is 21.5. The first-order valence-electron chi connectivity index (χ1n) is 13.3. The first kappa shape index (κ1) is 25.7. The maximum atomic E-state index is 15.8. The van der Waals surface area contributed by atoms with E-state index in [2.05, 4.69) is 28.2 Å². The largest absolute Gasteiger partial charge is 0.395 e. The van der Waals surface area contributed by atoms with Crippen molar-refractivity contribution >= 4 is 16.6 Å². The number of nitrogens with one attached hydrogen (secondary N) is 2. The average molecular weight is 508 g/mol. The Bertz CT molecular complexity index is 1270. The number of aromatic amines is 1. The molecule has 0 bridgehead atoms. The minimum absolute atomic E-state index is 0.0299. The minimum Gasteiger partial charge on any atom is -0.395 e. The van der Waals surface area contributed by atoms with Crippen LogP contribution in [0.1, 0.15) is 49.6 Å². The third-order valence-corrected chi connectivity index (χ3v) is 7.86. The number of unbranched alkanes of at least 4 members (excludes halogenated alkanes) is 1. The predicted octanol–water partition coefficient (Wildman–Crippen LogP) is 4.81. The molecular formula is C29H35F2N5O. The van der Waals surface area contributed by atoms with Crippen LogP contribution in [0.15, 0.2) is 36.4 Å². The number of H-pyrrole nitrogens is 1. The highest BCUT2D eigenvalue weighted by Crippen LogP contribution is 2.43. The number of likely N-dealkylation sites (tertiary alicyclic amines) is 1. The van der Waals surface area contributed by atoms with Crippen LogP contribution in [0.5, 0.6) is 0 Å². The summed E-state index contributed by atoms with van der Waals surface area (Å²) in [4.78, 5) is 7.72. The maximum Gasteiger partial charge on any atom is 0.133 e. The molecule has 0 aliphatic carbocycles. The van der Waals surface area contributed by atoms with Crippen LogP contribution in [0.25, 0.3) is 10.9 Å². The number of rotatable bonds is 9. The fraction of sp³-hybridized carbons (Fsp3) is 0.483. The van der Waals surface area contributed by atoms with Crippen LogP contribution in [0.2, 0.25) is 0 Å². The van der Waals surface area contributed by atoms with Crippen molar-refractivity contribution in [1.29, 1.82) is 5.26 Å². The highest BCUT2D eigenvalue weighted by molar-refractivity contribution is 5.85. The number of halogens is 2. The van der Waals surface area contributed by atoms with E-state index in [9.17, 15) is 10.4 Å². The maximum absolute atomic E-state index is 15.8. The highest BCUT2D eigenvalue weighted by Gasteiger charge is 2.39. The number of aliphatic hydroxyl groups is 1. The summed E-state index contributed by atoms with van der Waals surface area (Å²) in [7, 11) is 0.